The molecule has 0 aliphatic carbocycles. The first-order valence-electron chi connectivity index (χ1n) is 7.04. The first kappa shape index (κ1) is 20.3. The molecule has 1 aromatic rings. The number of nitrogens with one attached hydrogen (secondary N) is 1. The molecule has 3 nitrogen and oxygen atoms in total. The fourth-order valence-electron chi connectivity index (χ4n) is 2.47. The second kappa shape index (κ2) is 10.1. The van der Waals surface area contributed by atoms with Crippen molar-refractivity contribution in [3.05, 3.63) is 42.5 Å². The molecule has 5 heteroatoms. The summed E-state index contributed by atoms with van der Waals surface area (Å²) in [6.07, 6.45) is 2.25. The zero-order valence-electron chi connectivity index (χ0n) is 12.7. The van der Waals surface area contributed by atoms with Crippen LogP contribution in [-0.2, 0) is 0 Å². The van der Waals surface area contributed by atoms with Gasteiger partial charge in [0.15, 0.2) is 0 Å². The zero-order chi connectivity index (χ0) is 13.7. The van der Waals surface area contributed by atoms with Crippen LogP contribution in [-0.4, -0.2) is 37.2 Å². The van der Waals surface area contributed by atoms with Gasteiger partial charge in [-0.2, -0.15) is 0 Å². The average molecular weight is 333 g/mol. The summed E-state index contributed by atoms with van der Waals surface area (Å²) >= 11 is 0. The standard InChI is InChI=1S/C16H24N2O.2ClH/c1-4-16(18-11-9-17-10-12-18)14-5-7-15(8-6-14)19-13(2)3;;/h4-8,13,16-17H,1,9-12H2,2-3H3;2*1H/t16-;;/m1../s1. The minimum absolute atomic E-state index is 0. The van der Waals surface area contributed by atoms with Crippen LogP contribution in [0.25, 0.3) is 0 Å². The van der Waals surface area contributed by atoms with Gasteiger partial charge >= 0.3 is 0 Å². The molecule has 0 unspecified atom stereocenters. The van der Waals surface area contributed by atoms with E-state index >= 15 is 0 Å². The zero-order valence-corrected chi connectivity index (χ0v) is 14.4. The summed E-state index contributed by atoms with van der Waals surface area (Å²) in [4.78, 5) is 2.46. The van der Waals surface area contributed by atoms with Gasteiger partial charge in [-0.3, -0.25) is 4.90 Å². The Bertz CT molecular complexity index is 403. The average Bonchev–Trinajstić information content (AvgIpc) is 2.42. The highest BCUT2D eigenvalue weighted by atomic mass is 35.5. The maximum atomic E-state index is 5.68. The molecule has 1 heterocycles. The Morgan fingerprint density at radius 3 is 2.19 bits per heavy atom. The summed E-state index contributed by atoms with van der Waals surface area (Å²) in [5.74, 6) is 0.932. The van der Waals surface area contributed by atoms with Crippen molar-refractivity contribution in [2.45, 2.75) is 26.0 Å². The fourth-order valence-corrected chi connectivity index (χ4v) is 2.47. The quantitative estimate of drug-likeness (QED) is 0.836. The van der Waals surface area contributed by atoms with Crippen LogP contribution >= 0.6 is 24.8 Å². The lowest BCUT2D eigenvalue weighted by Crippen LogP contribution is -2.44. The molecule has 0 aromatic heterocycles. The summed E-state index contributed by atoms with van der Waals surface area (Å²) in [6.45, 7) is 12.3. The first-order valence-corrected chi connectivity index (χ1v) is 7.04. The van der Waals surface area contributed by atoms with Crippen LogP contribution in [0.3, 0.4) is 0 Å². The number of halogens is 2. The van der Waals surface area contributed by atoms with Crippen LogP contribution in [0.15, 0.2) is 36.9 Å². The van der Waals surface area contributed by atoms with Crippen molar-refractivity contribution < 1.29 is 4.74 Å². The topological polar surface area (TPSA) is 24.5 Å². The highest BCUT2D eigenvalue weighted by molar-refractivity contribution is 5.85. The van der Waals surface area contributed by atoms with Gasteiger partial charge in [-0.05, 0) is 31.5 Å². The molecular formula is C16H26Cl2N2O. The molecule has 0 amide bonds. The molecule has 21 heavy (non-hydrogen) atoms. The van der Waals surface area contributed by atoms with Crippen LogP contribution in [0.4, 0.5) is 0 Å². The summed E-state index contributed by atoms with van der Waals surface area (Å²) < 4.78 is 5.68. The van der Waals surface area contributed by atoms with Crippen LogP contribution in [0.2, 0.25) is 0 Å². The Morgan fingerprint density at radius 1 is 1.14 bits per heavy atom. The molecule has 0 bridgehead atoms. The highest BCUT2D eigenvalue weighted by Crippen LogP contribution is 2.24. The molecule has 0 radical (unpaired) electrons. The van der Waals surface area contributed by atoms with Gasteiger partial charge in [0.2, 0.25) is 0 Å². The summed E-state index contributed by atoms with van der Waals surface area (Å²) in [7, 11) is 0. The monoisotopic (exact) mass is 332 g/mol. The summed E-state index contributed by atoms with van der Waals surface area (Å²) in [6, 6.07) is 8.69. The van der Waals surface area contributed by atoms with Gasteiger partial charge in [-0.25, -0.2) is 0 Å². The predicted octanol–water partition coefficient (Wildman–Crippen LogP) is 3.45. The lowest BCUT2D eigenvalue weighted by molar-refractivity contribution is 0.203. The molecular weight excluding hydrogens is 307 g/mol. The Hall–Kier alpha value is -0.740. The fraction of sp³-hybridized carbons (Fsp3) is 0.500. The van der Waals surface area contributed by atoms with E-state index in [1.807, 2.05) is 32.1 Å². The lowest BCUT2D eigenvalue weighted by Gasteiger charge is -2.33. The second-order valence-corrected chi connectivity index (χ2v) is 5.20. The van der Waals surface area contributed by atoms with Crippen LogP contribution in [0.5, 0.6) is 5.75 Å². The first-order chi connectivity index (χ1) is 9.20. The molecule has 1 aromatic carbocycles. The van der Waals surface area contributed by atoms with Crippen LogP contribution < -0.4 is 10.1 Å². The van der Waals surface area contributed by atoms with Crippen molar-refractivity contribution in [3.8, 4) is 5.75 Å². The molecule has 0 spiro atoms. The predicted molar refractivity (Wildman–Crippen MR) is 94.1 cm³/mol. The molecule has 1 fully saturated rings. The Balaban J connectivity index is 0.00000200. The Kier molecular flexibility index (Phi) is 9.71. The van der Waals surface area contributed by atoms with E-state index in [1.165, 1.54) is 5.56 Å². The number of benzene rings is 1. The van der Waals surface area contributed by atoms with Crippen molar-refractivity contribution in [2.24, 2.45) is 0 Å². The van der Waals surface area contributed by atoms with Gasteiger partial charge in [0.25, 0.3) is 0 Å². The molecule has 1 aliphatic heterocycles. The number of hydrogen-bond donors (Lipinski definition) is 1. The Labute approximate surface area is 140 Å². The van der Waals surface area contributed by atoms with E-state index in [0.29, 0.717) is 6.04 Å². The van der Waals surface area contributed by atoms with E-state index in [1.54, 1.807) is 0 Å². The largest absolute Gasteiger partial charge is 0.491 e. The molecule has 2 rings (SSSR count). The number of ether oxygens (including phenoxy) is 1. The van der Waals surface area contributed by atoms with Crippen LogP contribution in [0.1, 0.15) is 25.5 Å². The number of hydrogen-bond acceptors (Lipinski definition) is 3. The van der Waals surface area contributed by atoms with E-state index in [4.69, 9.17) is 4.74 Å². The summed E-state index contributed by atoms with van der Waals surface area (Å²) in [5.41, 5.74) is 1.29. The van der Waals surface area contributed by atoms with Gasteiger partial charge < -0.3 is 10.1 Å². The minimum atomic E-state index is 0. The van der Waals surface area contributed by atoms with E-state index in [2.05, 4.69) is 28.9 Å². The smallest absolute Gasteiger partial charge is 0.119 e. The van der Waals surface area contributed by atoms with E-state index in [0.717, 1.165) is 31.9 Å². The van der Waals surface area contributed by atoms with Crippen molar-refractivity contribution in [1.82, 2.24) is 10.2 Å². The normalized spacial score (nSPS) is 16.5. The van der Waals surface area contributed by atoms with E-state index in [-0.39, 0.29) is 30.9 Å². The van der Waals surface area contributed by atoms with Gasteiger partial charge in [0.05, 0.1) is 12.1 Å². The molecule has 1 saturated heterocycles. The molecule has 1 atom stereocenters. The van der Waals surface area contributed by atoms with Gasteiger partial charge in [0, 0.05) is 26.2 Å². The van der Waals surface area contributed by atoms with Gasteiger partial charge in [0.1, 0.15) is 5.75 Å². The maximum absolute atomic E-state index is 5.68. The third-order valence-electron chi connectivity index (χ3n) is 3.36. The minimum Gasteiger partial charge on any atom is -0.491 e. The van der Waals surface area contributed by atoms with E-state index in [9.17, 15) is 0 Å². The number of rotatable bonds is 5. The second-order valence-electron chi connectivity index (χ2n) is 5.20. The molecule has 0 saturated carbocycles. The van der Waals surface area contributed by atoms with E-state index < -0.39 is 0 Å². The Morgan fingerprint density at radius 2 is 1.71 bits per heavy atom. The highest BCUT2D eigenvalue weighted by Gasteiger charge is 2.19. The molecule has 120 valence electrons. The lowest BCUT2D eigenvalue weighted by atomic mass is 10.0. The third kappa shape index (κ3) is 5.87. The maximum Gasteiger partial charge on any atom is 0.119 e. The number of piperazine rings is 1. The molecule has 1 aliphatic rings. The summed E-state index contributed by atoms with van der Waals surface area (Å²) in [5, 5.41) is 3.38. The number of nitrogens with zero attached hydrogens (tertiary/aromatic N) is 1. The van der Waals surface area contributed by atoms with Crippen molar-refractivity contribution in [1.29, 1.82) is 0 Å². The van der Waals surface area contributed by atoms with Crippen LogP contribution in [0, 0.1) is 0 Å². The van der Waals surface area contributed by atoms with Gasteiger partial charge in [-0.1, -0.05) is 18.2 Å². The third-order valence-corrected chi connectivity index (χ3v) is 3.36. The van der Waals surface area contributed by atoms with Crippen molar-refractivity contribution in [3.63, 3.8) is 0 Å². The van der Waals surface area contributed by atoms with Gasteiger partial charge in [-0.15, -0.1) is 31.4 Å². The molecule has 1 N–H and O–H groups in total. The SMILES string of the molecule is C=C[C@H](c1ccc(OC(C)C)cc1)N1CCNCC1.Cl.Cl. The van der Waals surface area contributed by atoms with Crippen molar-refractivity contribution >= 4 is 24.8 Å². The van der Waals surface area contributed by atoms with Crippen molar-refractivity contribution in [2.75, 3.05) is 26.2 Å².